The fourth-order valence-corrected chi connectivity index (χ4v) is 3.72. The quantitative estimate of drug-likeness (QED) is 0.712. The number of hydrogen-bond donors (Lipinski definition) is 0. The zero-order chi connectivity index (χ0) is 20.3. The van der Waals surface area contributed by atoms with Gasteiger partial charge in [0.25, 0.3) is 0 Å². The van der Waals surface area contributed by atoms with Crippen LogP contribution >= 0.6 is 11.6 Å². The van der Waals surface area contributed by atoms with E-state index in [0.29, 0.717) is 18.1 Å². The van der Waals surface area contributed by atoms with Crippen LogP contribution in [0.5, 0.6) is 0 Å². The number of ether oxygens (including phenoxy) is 1. The second-order valence-electron chi connectivity index (χ2n) is 7.35. The van der Waals surface area contributed by atoms with Crippen molar-refractivity contribution in [2.75, 3.05) is 38.2 Å². The minimum Gasteiger partial charge on any atom is -0.468 e. The van der Waals surface area contributed by atoms with Crippen LogP contribution in [0, 0.1) is 6.92 Å². The minimum atomic E-state index is -0.501. The molecule has 0 amide bonds. The van der Waals surface area contributed by atoms with Gasteiger partial charge in [0.1, 0.15) is 17.7 Å². The molecule has 0 unspecified atom stereocenters. The van der Waals surface area contributed by atoms with Gasteiger partial charge in [0, 0.05) is 48.9 Å². The summed E-state index contributed by atoms with van der Waals surface area (Å²) in [5.74, 6) is 1.80. The predicted octanol–water partition coefficient (Wildman–Crippen LogP) is 3.60. The number of piperazine rings is 1. The fraction of sp³-hybridized carbons (Fsp3) is 0.476. The van der Waals surface area contributed by atoms with E-state index in [0.717, 1.165) is 36.0 Å². The maximum absolute atomic E-state index is 12.5. The summed E-state index contributed by atoms with van der Waals surface area (Å²) < 4.78 is 5.07. The van der Waals surface area contributed by atoms with E-state index in [9.17, 15) is 4.79 Å². The Bertz CT molecular complexity index is 835. The number of nitrogens with zero attached hydrogens (tertiary/aromatic N) is 4. The summed E-state index contributed by atoms with van der Waals surface area (Å²) in [6.45, 7) is 9.16. The summed E-state index contributed by atoms with van der Waals surface area (Å²) in [7, 11) is 1.42. The number of carbonyl (C=O) groups excluding carboxylic acids is 1. The third-order valence-corrected chi connectivity index (χ3v) is 5.35. The number of esters is 1. The molecule has 6 nitrogen and oxygen atoms in total. The molecule has 7 heteroatoms. The molecule has 1 aromatic heterocycles. The highest BCUT2D eigenvalue weighted by atomic mass is 35.5. The zero-order valence-electron chi connectivity index (χ0n) is 16.9. The molecule has 2 heterocycles. The monoisotopic (exact) mass is 402 g/mol. The molecule has 0 radical (unpaired) electrons. The number of anilines is 1. The van der Waals surface area contributed by atoms with E-state index in [2.05, 4.69) is 28.6 Å². The predicted molar refractivity (Wildman–Crippen MR) is 111 cm³/mol. The van der Waals surface area contributed by atoms with E-state index in [1.807, 2.05) is 31.2 Å². The normalized spacial score (nSPS) is 16.3. The van der Waals surface area contributed by atoms with Gasteiger partial charge in [-0.3, -0.25) is 4.90 Å². The lowest BCUT2D eigenvalue weighted by Gasteiger charge is -2.39. The number of aryl methyl sites for hydroxylation is 1. The molecule has 2 aromatic rings. The smallest absolute Gasteiger partial charge is 0.327 e. The zero-order valence-corrected chi connectivity index (χ0v) is 17.6. The SMILES string of the molecule is COC(=O)[C@@H](c1ccccc1Cl)N1CCN(c2cc(C)nc(C(C)C)n2)CC1. The van der Waals surface area contributed by atoms with Gasteiger partial charge in [-0.05, 0) is 18.6 Å². The lowest BCUT2D eigenvalue weighted by Crippen LogP contribution is -2.49. The summed E-state index contributed by atoms with van der Waals surface area (Å²) in [5.41, 5.74) is 1.75. The maximum Gasteiger partial charge on any atom is 0.327 e. The summed E-state index contributed by atoms with van der Waals surface area (Å²) in [5, 5.41) is 0.577. The van der Waals surface area contributed by atoms with Crippen molar-refractivity contribution in [2.45, 2.75) is 32.7 Å². The lowest BCUT2D eigenvalue weighted by molar-refractivity contribution is -0.147. The Labute approximate surface area is 171 Å². The topological polar surface area (TPSA) is 58.6 Å². The first-order valence-corrected chi connectivity index (χ1v) is 9.95. The van der Waals surface area contributed by atoms with Gasteiger partial charge >= 0.3 is 5.97 Å². The molecule has 1 fully saturated rings. The molecule has 1 aliphatic heterocycles. The largest absolute Gasteiger partial charge is 0.468 e. The van der Waals surface area contributed by atoms with Gasteiger partial charge in [0.15, 0.2) is 0 Å². The second-order valence-corrected chi connectivity index (χ2v) is 7.76. The van der Waals surface area contributed by atoms with E-state index in [1.54, 1.807) is 6.07 Å². The van der Waals surface area contributed by atoms with Crippen molar-refractivity contribution in [1.82, 2.24) is 14.9 Å². The van der Waals surface area contributed by atoms with Crippen molar-refractivity contribution >= 4 is 23.4 Å². The van der Waals surface area contributed by atoms with Gasteiger partial charge in [-0.15, -0.1) is 0 Å². The lowest BCUT2D eigenvalue weighted by atomic mass is 10.0. The maximum atomic E-state index is 12.5. The van der Waals surface area contributed by atoms with Gasteiger partial charge in [-0.2, -0.15) is 0 Å². The van der Waals surface area contributed by atoms with Crippen LogP contribution in [0.1, 0.15) is 42.9 Å². The molecule has 0 N–H and O–H groups in total. The van der Waals surface area contributed by atoms with Gasteiger partial charge in [0.2, 0.25) is 0 Å². The van der Waals surface area contributed by atoms with Crippen molar-refractivity contribution in [1.29, 1.82) is 0 Å². The van der Waals surface area contributed by atoms with E-state index < -0.39 is 6.04 Å². The molecule has 28 heavy (non-hydrogen) atoms. The summed E-state index contributed by atoms with van der Waals surface area (Å²) in [4.78, 5) is 26.2. The van der Waals surface area contributed by atoms with E-state index >= 15 is 0 Å². The molecule has 1 saturated heterocycles. The number of aromatic nitrogens is 2. The molecular weight excluding hydrogens is 376 g/mol. The Morgan fingerprint density at radius 3 is 2.43 bits per heavy atom. The average Bonchev–Trinajstić information content (AvgIpc) is 2.69. The molecule has 0 aliphatic carbocycles. The highest BCUT2D eigenvalue weighted by Gasteiger charge is 2.33. The van der Waals surface area contributed by atoms with Gasteiger partial charge in [0.05, 0.1) is 7.11 Å². The summed E-state index contributed by atoms with van der Waals surface area (Å²) in [6.07, 6.45) is 0. The van der Waals surface area contributed by atoms with E-state index in [-0.39, 0.29) is 11.9 Å². The Kier molecular flexibility index (Phi) is 6.52. The number of rotatable bonds is 5. The Morgan fingerprint density at radius 2 is 1.82 bits per heavy atom. The van der Waals surface area contributed by atoms with Gasteiger partial charge in [-0.25, -0.2) is 14.8 Å². The Morgan fingerprint density at radius 1 is 1.14 bits per heavy atom. The summed E-state index contributed by atoms with van der Waals surface area (Å²) >= 11 is 6.37. The fourth-order valence-electron chi connectivity index (χ4n) is 3.49. The molecule has 0 spiro atoms. The molecule has 150 valence electrons. The van der Waals surface area contributed by atoms with Crippen molar-refractivity contribution in [3.63, 3.8) is 0 Å². The van der Waals surface area contributed by atoms with E-state index in [4.69, 9.17) is 21.3 Å². The van der Waals surface area contributed by atoms with Crippen LogP contribution in [0.15, 0.2) is 30.3 Å². The first kappa shape index (κ1) is 20.6. The van der Waals surface area contributed by atoms with Crippen molar-refractivity contribution in [2.24, 2.45) is 0 Å². The molecule has 1 atom stereocenters. The van der Waals surface area contributed by atoms with Crippen LogP contribution in [0.4, 0.5) is 5.82 Å². The van der Waals surface area contributed by atoms with Crippen molar-refractivity contribution in [3.05, 3.63) is 52.4 Å². The first-order valence-electron chi connectivity index (χ1n) is 9.57. The number of halogens is 1. The van der Waals surface area contributed by atoms with E-state index in [1.165, 1.54) is 7.11 Å². The third-order valence-electron chi connectivity index (χ3n) is 5.00. The average molecular weight is 403 g/mol. The molecular formula is C21H27ClN4O2. The molecule has 0 saturated carbocycles. The van der Waals surface area contributed by atoms with Gasteiger partial charge < -0.3 is 9.64 Å². The Hall–Kier alpha value is -2.18. The minimum absolute atomic E-state index is 0.281. The van der Waals surface area contributed by atoms with Crippen LogP contribution in [0.25, 0.3) is 0 Å². The first-order chi connectivity index (χ1) is 13.4. The Balaban J connectivity index is 1.78. The second kappa shape index (κ2) is 8.88. The standard InChI is InChI=1S/C21H27ClN4O2/c1-14(2)20-23-15(3)13-18(24-20)25-9-11-26(12-10-25)19(21(27)28-4)16-7-5-6-8-17(16)22/h5-8,13-14,19H,9-12H2,1-4H3/t19-/m1/s1. The van der Waals surface area contributed by atoms with Gasteiger partial charge in [-0.1, -0.05) is 43.6 Å². The number of methoxy groups -OCH3 is 1. The molecule has 0 bridgehead atoms. The third kappa shape index (κ3) is 4.45. The van der Waals surface area contributed by atoms with Crippen LogP contribution in [0.3, 0.4) is 0 Å². The molecule has 1 aliphatic rings. The highest BCUT2D eigenvalue weighted by Crippen LogP contribution is 2.30. The number of carbonyl (C=O) groups is 1. The number of benzene rings is 1. The number of hydrogen-bond acceptors (Lipinski definition) is 6. The van der Waals surface area contributed by atoms with Crippen LogP contribution in [-0.2, 0) is 9.53 Å². The highest BCUT2D eigenvalue weighted by molar-refractivity contribution is 6.31. The summed E-state index contributed by atoms with van der Waals surface area (Å²) in [6, 6.07) is 8.97. The van der Waals surface area contributed by atoms with Crippen LogP contribution in [0.2, 0.25) is 5.02 Å². The van der Waals surface area contributed by atoms with Crippen molar-refractivity contribution in [3.8, 4) is 0 Å². The molecule has 1 aromatic carbocycles. The van der Waals surface area contributed by atoms with Crippen LogP contribution < -0.4 is 4.90 Å². The van der Waals surface area contributed by atoms with Crippen LogP contribution in [-0.4, -0.2) is 54.1 Å². The molecule has 3 rings (SSSR count). The van der Waals surface area contributed by atoms with Crippen molar-refractivity contribution < 1.29 is 9.53 Å².